The minimum atomic E-state index is -0.132. The first-order valence-corrected chi connectivity index (χ1v) is 7.99. The van der Waals surface area contributed by atoms with Gasteiger partial charge >= 0.3 is 0 Å². The molecular weight excluding hydrogens is 264 g/mol. The quantitative estimate of drug-likeness (QED) is 0.928. The van der Waals surface area contributed by atoms with Crippen LogP contribution in [0, 0.1) is 0 Å². The van der Waals surface area contributed by atoms with Gasteiger partial charge in [0.05, 0.1) is 6.61 Å². The Hall–Kier alpha value is -1.26. The van der Waals surface area contributed by atoms with E-state index in [-0.39, 0.29) is 5.60 Å². The van der Waals surface area contributed by atoms with Gasteiger partial charge in [0.2, 0.25) is 0 Å². The van der Waals surface area contributed by atoms with E-state index in [0.717, 1.165) is 44.1 Å². The second-order valence-electron chi connectivity index (χ2n) is 6.50. The Morgan fingerprint density at radius 3 is 2.81 bits per heavy atom. The Kier molecular flexibility index (Phi) is 4.09. The highest BCUT2D eigenvalue weighted by Gasteiger charge is 2.37. The molecule has 1 aromatic carbocycles. The zero-order valence-electron chi connectivity index (χ0n) is 13.3. The summed E-state index contributed by atoms with van der Waals surface area (Å²) in [5.74, 6) is 1.88. The highest BCUT2D eigenvalue weighted by Crippen LogP contribution is 2.43. The average Bonchev–Trinajstić information content (AvgIpc) is 2.46. The van der Waals surface area contributed by atoms with Gasteiger partial charge in [0.15, 0.2) is 0 Å². The number of benzene rings is 1. The number of fused-ring (bicyclic) bond motifs is 1. The van der Waals surface area contributed by atoms with Crippen molar-refractivity contribution in [3.05, 3.63) is 23.8 Å². The van der Waals surface area contributed by atoms with E-state index in [4.69, 9.17) is 9.47 Å². The molecule has 0 spiro atoms. The van der Waals surface area contributed by atoms with Crippen LogP contribution in [0.2, 0.25) is 0 Å². The van der Waals surface area contributed by atoms with Gasteiger partial charge in [0.25, 0.3) is 0 Å². The number of nitrogens with zero attached hydrogens (tertiary/aromatic N) is 1. The van der Waals surface area contributed by atoms with E-state index in [0.29, 0.717) is 12.6 Å². The van der Waals surface area contributed by atoms with Gasteiger partial charge in [-0.15, -0.1) is 0 Å². The minimum Gasteiger partial charge on any atom is -0.494 e. The molecule has 0 aromatic heterocycles. The van der Waals surface area contributed by atoms with Gasteiger partial charge in [0.1, 0.15) is 17.1 Å². The molecule has 0 amide bonds. The van der Waals surface area contributed by atoms with Crippen LogP contribution in [0.15, 0.2) is 18.2 Å². The fourth-order valence-electron chi connectivity index (χ4n) is 3.37. The summed E-state index contributed by atoms with van der Waals surface area (Å²) in [6.45, 7) is 11.4. The molecule has 0 bridgehead atoms. The van der Waals surface area contributed by atoms with E-state index in [1.165, 1.54) is 5.56 Å². The summed E-state index contributed by atoms with van der Waals surface area (Å²) in [5.41, 5.74) is 1.17. The van der Waals surface area contributed by atoms with Gasteiger partial charge in [-0.2, -0.15) is 0 Å². The smallest absolute Gasteiger partial charge is 0.128 e. The lowest BCUT2D eigenvalue weighted by atomic mass is 9.88. The highest BCUT2D eigenvalue weighted by atomic mass is 16.5. The van der Waals surface area contributed by atoms with Crippen molar-refractivity contribution in [1.82, 2.24) is 10.2 Å². The molecule has 21 heavy (non-hydrogen) atoms. The molecule has 1 saturated heterocycles. The maximum atomic E-state index is 6.21. The molecule has 1 fully saturated rings. The molecule has 1 aromatic rings. The molecule has 2 heterocycles. The summed E-state index contributed by atoms with van der Waals surface area (Å²) in [7, 11) is 0. The molecule has 0 aliphatic carbocycles. The molecule has 0 saturated carbocycles. The lowest BCUT2D eigenvalue weighted by molar-refractivity contribution is 0.0257. The van der Waals surface area contributed by atoms with E-state index >= 15 is 0 Å². The van der Waals surface area contributed by atoms with Crippen molar-refractivity contribution in [3.63, 3.8) is 0 Å². The normalized spacial score (nSPS) is 25.0. The standard InChI is InChI=1S/C17H26N2O2/c1-4-20-13-5-6-14-15(19-9-7-18-8-10-19)12-17(2,3)21-16(14)11-13/h5-6,11,15,18H,4,7-10,12H2,1-3H3. The van der Waals surface area contributed by atoms with Gasteiger partial charge in [-0.25, -0.2) is 0 Å². The van der Waals surface area contributed by atoms with Crippen LogP contribution in [0.3, 0.4) is 0 Å². The fraction of sp³-hybridized carbons (Fsp3) is 0.647. The van der Waals surface area contributed by atoms with E-state index in [1.807, 2.05) is 6.92 Å². The molecule has 1 N–H and O–H groups in total. The molecule has 4 heteroatoms. The first-order chi connectivity index (χ1) is 10.1. The third kappa shape index (κ3) is 3.16. The molecule has 2 aliphatic rings. The molecular formula is C17H26N2O2. The minimum absolute atomic E-state index is 0.132. The van der Waals surface area contributed by atoms with Crippen LogP contribution in [0.1, 0.15) is 38.8 Å². The summed E-state index contributed by atoms with van der Waals surface area (Å²) in [6.07, 6.45) is 1.04. The second-order valence-corrected chi connectivity index (χ2v) is 6.50. The SMILES string of the molecule is CCOc1ccc2c(c1)OC(C)(C)CC2N1CCNCC1. The number of nitrogens with one attached hydrogen (secondary N) is 1. The Balaban J connectivity index is 1.92. The van der Waals surface area contributed by atoms with Crippen molar-refractivity contribution in [2.24, 2.45) is 0 Å². The van der Waals surface area contributed by atoms with Crippen LogP contribution in [0.5, 0.6) is 11.5 Å². The van der Waals surface area contributed by atoms with Gasteiger partial charge in [-0.05, 0) is 26.8 Å². The van der Waals surface area contributed by atoms with Crippen molar-refractivity contribution in [2.75, 3.05) is 32.8 Å². The average molecular weight is 290 g/mol. The number of ether oxygens (including phenoxy) is 2. The predicted molar refractivity (Wildman–Crippen MR) is 84.1 cm³/mol. The second kappa shape index (κ2) is 5.85. The van der Waals surface area contributed by atoms with Crippen LogP contribution >= 0.6 is 0 Å². The zero-order valence-corrected chi connectivity index (χ0v) is 13.3. The fourth-order valence-corrected chi connectivity index (χ4v) is 3.37. The Morgan fingerprint density at radius 1 is 1.33 bits per heavy atom. The largest absolute Gasteiger partial charge is 0.494 e. The molecule has 2 aliphatic heterocycles. The van der Waals surface area contributed by atoms with E-state index in [9.17, 15) is 0 Å². The van der Waals surface area contributed by atoms with Gasteiger partial charge in [-0.1, -0.05) is 6.07 Å². The van der Waals surface area contributed by atoms with Crippen molar-refractivity contribution in [1.29, 1.82) is 0 Å². The first kappa shape index (κ1) is 14.7. The van der Waals surface area contributed by atoms with E-state index in [1.54, 1.807) is 0 Å². The van der Waals surface area contributed by atoms with Gasteiger partial charge in [-0.3, -0.25) is 4.90 Å². The predicted octanol–water partition coefficient (Wildman–Crippen LogP) is 2.59. The maximum absolute atomic E-state index is 6.21. The lowest BCUT2D eigenvalue weighted by Gasteiger charge is -2.44. The van der Waals surface area contributed by atoms with E-state index < -0.39 is 0 Å². The summed E-state index contributed by atoms with van der Waals surface area (Å²) in [4.78, 5) is 2.58. The van der Waals surface area contributed by atoms with Crippen LogP contribution in [-0.4, -0.2) is 43.3 Å². The molecule has 4 nitrogen and oxygen atoms in total. The molecule has 1 atom stereocenters. The van der Waals surface area contributed by atoms with Crippen molar-refractivity contribution < 1.29 is 9.47 Å². The third-order valence-electron chi connectivity index (χ3n) is 4.32. The van der Waals surface area contributed by atoms with Crippen LogP contribution in [-0.2, 0) is 0 Å². The zero-order chi connectivity index (χ0) is 14.9. The number of hydrogen-bond acceptors (Lipinski definition) is 4. The van der Waals surface area contributed by atoms with Crippen molar-refractivity contribution in [2.45, 2.75) is 38.8 Å². The Bertz CT molecular complexity index is 496. The van der Waals surface area contributed by atoms with Crippen molar-refractivity contribution in [3.8, 4) is 11.5 Å². The summed E-state index contributed by atoms with van der Waals surface area (Å²) in [6, 6.07) is 6.75. The summed E-state index contributed by atoms with van der Waals surface area (Å²) >= 11 is 0. The Labute approximate surface area is 127 Å². The molecule has 116 valence electrons. The topological polar surface area (TPSA) is 33.7 Å². The maximum Gasteiger partial charge on any atom is 0.128 e. The first-order valence-electron chi connectivity index (χ1n) is 7.99. The van der Waals surface area contributed by atoms with Crippen LogP contribution < -0.4 is 14.8 Å². The Morgan fingerprint density at radius 2 is 2.10 bits per heavy atom. The van der Waals surface area contributed by atoms with Gasteiger partial charge in [0, 0.05) is 50.3 Å². The van der Waals surface area contributed by atoms with Crippen LogP contribution in [0.25, 0.3) is 0 Å². The highest BCUT2D eigenvalue weighted by molar-refractivity contribution is 5.44. The monoisotopic (exact) mass is 290 g/mol. The molecule has 1 unspecified atom stereocenters. The number of hydrogen-bond donors (Lipinski definition) is 1. The summed E-state index contributed by atoms with van der Waals surface area (Å²) < 4.78 is 11.8. The molecule has 3 rings (SSSR count). The van der Waals surface area contributed by atoms with Gasteiger partial charge < -0.3 is 14.8 Å². The van der Waals surface area contributed by atoms with E-state index in [2.05, 4.69) is 42.3 Å². The lowest BCUT2D eigenvalue weighted by Crippen LogP contribution is -2.48. The van der Waals surface area contributed by atoms with Crippen molar-refractivity contribution >= 4 is 0 Å². The molecule has 0 radical (unpaired) electrons. The summed E-state index contributed by atoms with van der Waals surface area (Å²) in [5, 5.41) is 3.43. The van der Waals surface area contributed by atoms with Crippen LogP contribution in [0.4, 0.5) is 0 Å². The number of rotatable bonds is 3. The third-order valence-corrected chi connectivity index (χ3v) is 4.32. The number of piperazine rings is 1.